The van der Waals surface area contributed by atoms with Crippen LogP contribution in [0.4, 0.5) is 0 Å². The van der Waals surface area contributed by atoms with E-state index in [2.05, 4.69) is 17.5 Å². The number of carbonyl (C=O) groups excluding carboxylic acids is 1. The van der Waals surface area contributed by atoms with Gasteiger partial charge in [0.1, 0.15) is 5.56 Å². The molecule has 0 aliphatic rings. The highest BCUT2D eigenvalue weighted by Crippen LogP contribution is 2.06. The maximum atomic E-state index is 11.6. The number of carbonyl (C=O) groups is 1. The van der Waals surface area contributed by atoms with Crippen molar-refractivity contribution in [1.82, 2.24) is 15.4 Å². The number of amides is 1. The number of aromatic amines is 2. The third-order valence-electron chi connectivity index (χ3n) is 2.89. The second-order valence-electron chi connectivity index (χ2n) is 4.67. The molecule has 1 amide bonds. The van der Waals surface area contributed by atoms with Gasteiger partial charge in [0.2, 0.25) is 11.8 Å². The van der Waals surface area contributed by atoms with Crippen LogP contribution in [0.2, 0.25) is 0 Å². The number of nitrogens with zero attached hydrogens (tertiary/aromatic N) is 1. The number of hydrazone groups is 1. The standard InChI is InChI=1S/C13H20N4O4/c1-3-4-5-6-7-9(18)17-16-8(2)10-11(19)14-13(21)15-12(10)20/h3-7H2,1-2H3,(H,17,18)(H3,14,15,19,20,21). The van der Waals surface area contributed by atoms with Crippen LogP contribution < -0.4 is 16.7 Å². The van der Waals surface area contributed by atoms with Crippen molar-refractivity contribution in [3.63, 3.8) is 0 Å². The first-order valence-corrected chi connectivity index (χ1v) is 6.84. The Hall–Kier alpha value is -2.38. The van der Waals surface area contributed by atoms with Gasteiger partial charge in [-0.15, -0.1) is 0 Å². The smallest absolute Gasteiger partial charge is 0.328 e. The molecule has 0 aromatic carbocycles. The second-order valence-corrected chi connectivity index (χ2v) is 4.67. The number of unbranched alkanes of at least 4 members (excludes halogenated alkanes) is 3. The second kappa shape index (κ2) is 8.03. The predicted octanol–water partition coefficient (Wildman–Crippen LogP) is 0.579. The van der Waals surface area contributed by atoms with Gasteiger partial charge in [0.25, 0.3) is 5.56 Å². The number of H-pyrrole nitrogens is 2. The number of hydrogen-bond donors (Lipinski definition) is 4. The van der Waals surface area contributed by atoms with Gasteiger partial charge in [-0.25, -0.2) is 10.2 Å². The highest BCUT2D eigenvalue weighted by molar-refractivity contribution is 6.00. The lowest BCUT2D eigenvalue weighted by atomic mass is 10.1. The number of hydrogen-bond acceptors (Lipinski definition) is 5. The highest BCUT2D eigenvalue weighted by Gasteiger charge is 2.12. The van der Waals surface area contributed by atoms with Crippen molar-refractivity contribution in [2.24, 2.45) is 5.10 Å². The fourth-order valence-corrected chi connectivity index (χ4v) is 1.78. The molecule has 0 aliphatic carbocycles. The molecule has 0 radical (unpaired) electrons. The van der Waals surface area contributed by atoms with Crippen molar-refractivity contribution in [3.8, 4) is 5.88 Å². The van der Waals surface area contributed by atoms with Crippen LogP contribution >= 0.6 is 0 Å². The molecule has 0 fully saturated rings. The Morgan fingerprint density at radius 2 is 1.95 bits per heavy atom. The maximum Gasteiger partial charge on any atom is 0.328 e. The summed E-state index contributed by atoms with van der Waals surface area (Å²) in [6.45, 7) is 3.53. The topological polar surface area (TPSA) is 127 Å². The van der Waals surface area contributed by atoms with E-state index in [1.807, 2.05) is 9.97 Å². The largest absolute Gasteiger partial charge is 0.494 e. The van der Waals surface area contributed by atoms with Crippen LogP contribution in [-0.4, -0.2) is 26.7 Å². The Labute approximate surface area is 121 Å². The van der Waals surface area contributed by atoms with Gasteiger partial charge >= 0.3 is 5.69 Å². The van der Waals surface area contributed by atoms with E-state index in [1.165, 1.54) is 6.92 Å². The summed E-state index contributed by atoms with van der Waals surface area (Å²) in [6, 6.07) is 0. The van der Waals surface area contributed by atoms with E-state index < -0.39 is 17.1 Å². The first kappa shape index (κ1) is 16.7. The molecule has 0 saturated carbocycles. The molecule has 4 N–H and O–H groups in total. The summed E-state index contributed by atoms with van der Waals surface area (Å²) in [5, 5.41) is 13.3. The Bertz CT molecular complexity index is 630. The van der Waals surface area contributed by atoms with E-state index in [-0.39, 0.29) is 17.2 Å². The predicted molar refractivity (Wildman–Crippen MR) is 78.5 cm³/mol. The Balaban J connectivity index is 2.67. The molecule has 116 valence electrons. The summed E-state index contributed by atoms with van der Waals surface area (Å²) in [5.74, 6) is -0.840. The van der Waals surface area contributed by atoms with Gasteiger partial charge in [0.05, 0.1) is 5.71 Å². The molecule has 0 unspecified atom stereocenters. The fourth-order valence-electron chi connectivity index (χ4n) is 1.78. The van der Waals surface area contributed by atoms with Crippen molar-refractivity contribution < 1.29 is 9.90 Å². The molecular formula is C13H20N4O4. The highest BCUT2D eigenvalue weighted by atomic mass is 16.3. The minimum Gasteiger partial charge on any atom is -0.494 e. The van der Waals surface area contributed by atoms with E-state index in [0.29, 0.717) is 6.42 Å². The summed E-state index contributed by atoms with van der Waals surface area (Å²) in [6.07, 6.45) is 4.28. The molecule has 1 rings (SSSR count). The van der Waals surface area contributed by atoms with E-state index >= 15 is 0 Å². The zero-order chi connectivity index (χ0) is 15.8. The lowest BCUT2D eigenvalue weighted by molar-refractivity contribution is -0.121. The lowest BCUT2D eigenvalue weighted by Crippen LogP contribution is -2.28. The summed E-state index contributed by atoms with van der Waals surface area (Å²) in [4.78, 5) is 38.1. The van der Waals surface area contributed by atoms with E-state index in [9.17, 15) is 19.5 Å². The number of rotatable bonds is 7. The van der Waals surface area contributed by atoms with Crippen molar-refractivity contribution in [2.75, 3.05) is 0 Å². The third-order valence-corrected chi connectivity index (χ3v) is 2.89. The maximum absolute atomic E-state index is 11.6. The average molecular weight is 296 g/mol. The Morgan fingerprint density at radius 1 is 1.24 bits per heavy atom. The van der Waals surface area contributed by atoms with Crippen LogP contribution in [0.5, 0.6) is 5.88 Å². The average Bonchev–Trinajstić information content (AvgIpc) is 2.40. The van der Waals surface area contributed by atoms with Crippen molar-refractivity contribution in [1.29, 1.82) is 0 Å². The van der Waals surface area contributed by atoms with Gasteiger partial charge in [-0.2, -0.15) is 5.10 Å². The first-order valence-electron chi connectivity index (χ1n) is 6.84. The zero-order valence-electron chi connectivity index (χ0n) is 12.2. The van der Waals surface area contributed by atoms with Crippen LogP contribution in [0.25, 0.3) is 0 Å². The summed E-state index contributed by atoms with van der Waals surface area (Å²) < 4.78 is 0. The molecule has 0 atom stereocenters. The molecule has 1 heterocycles. The molecule has 0 bridgehead atoms. The zero-order valence-corrected chi connectivity index (χ0v) is 12.2. The molecule has 21 heavy (non-hydrogen) atoms. The monoisotopic (exact) mass is 296 g/mol. The fraction of sp³-hybridized carbons (Fsp3) is 0.538. The van der Waals surface area contributed by atoms with Crippen molar-refractivity contribution in [2.45, 2.75) is 46.0 Å². The molecular weight excluding hydrogens is 276 g/mol. The van der Waals surface area contributed by atoms with E-state index in [4.69, 9.17) is 0 Å². The first-order chi connectivity index (χ1) is 9.95. The van der Waals surface area contributed by atoms with E-state index in [1.54, 1.807) is 0 Å². The number of aromatic nitrogens is 2. The van der Waals surface area contributed by atoms with Gasteiger partial charge in [-0.05, 0) is 13.3 Å². The molecule has 8 heteroatoms. The number of aromatic hydroxyl groups is 1. The molecule has 0 saturated heterocycles. The Kier molecular flexibility index (Phi) is 6.38. The van der Waals surface area contributed by atoms with Crippen LogP contribution in [0.3, 0.4) is 0 Å². The molecule has 1 aromatic rings. The van der Waals surface area contributed by atoms with Gasteiger partial charge in [-0.1, -0.05) is 26.2 Å². The minimum absolute atomic E-state index is 0.104. The summed E-state index contributed by atoms with van der Waals surface area (Å²) >= 11 is 0. The van der Waals surface area contributed by atoms with Gasteiger partial charge in [-0.3, -0.25) is 19.6 Å². The van der Waals surface area contributed by atoms with Gasteiger partial charge < -0.3 is 5.11 Å². The SMILES string of the molecule is CCCCCCC(=O)NN=C(C)c1c(O)[nH]c(=O)[nH]c1=O. The quantitative estimate of drug-likeness (QED) is 0.333. The van der Waals surface area contributed by atoms with Crippen molar-refractivity contribution in [3.05, 3.63) is 26.4 Å². The van der Waals surface area contributed by atoms with Gasteiger partial charge in [0.15, 0.2) is 0 Å². The van der Waals surface area contributed by atoms with Crippen LogP contribution in [0.15, 0.2) is 14.7 Å². The molecule has 1 aromatic heterocycles. The summed E-state index contributed by atoms with van der Waals surface area (Å²) in [7, 11) is 0. The van der Waals surface area contributed by atoms with Crippen LogP contribution in [-0.2, 0) is 4.79 Å². The normalized spacial score (nSPS) is 11.4. The Morgan fingerprint density at radius 3 is 2.57 bits per heavy atom. The molecule has 0 aliphatic heterocycles. The minimum atomic E-state index is -0.811. The van der Waals surface area contributed by atoms with Gasteiger partial charge in [0, 0.05) is 6.42 Å². The number of nitrogens with one attached hydrogen (secondary N) is 3. The molecule has 0 spiro atoms. The van der Waals surface area contributed by atoms with E-state index in [0.717, 1.165) is 25.7 Å². The lowest BCUT2D eigenvalue weighted by Gasteiger charge is -2.03. The third kappa shape index (κ3) is 5.25. The molecule has 8 nitrogen and oxygen atoms in total. The van der Waals surface area contributed by atoms with Crippen molar-refractivity contribution >= 4 is 11.6 Å². The summed E-state index contributed by atoms with van der Waals surface area (Å²) in [5.41, 5.74) is 0.664. The van der Waals surface area contributed by atoms with Crippen LogP contribution in [0.1, 0.15) is 51.5 Å². The van der Waals surface area contributed by atoms with Crippen LogP contribution in [0, 0.1) is 0 Å².